The highest BCUT2D eigenvalue weighted by atomic mass is 35.5. The average Bonchev–Trinajstić information content (AvgIpc) is 3.45. The number of anilines is 1. The van der Waals surface area contributed by atoms with E-state index in [0.717, 1.165) is 94.1 Å². The summed E-state index contributed by atoms with van der Waals surface area (Å²) in [7, 11) is 0. The van der Waals surface area contributed by atoms with E-state index in [-0.39, 0.29) is 12.2 Å². The molecule has 2 aromatic carbocycles. The van der Waals surface area contributed by atoms with Crippen molar-refractivity contribution in [1.29, 1.82) is 5.26 Å². The molecule has 0 radical (unpaired) electrons. The van der Waals surface area contributed by atoms with Crippen LogP contribution in [0.1, 0.15) is 76.6 Å². The summed E-state index contributed by atoms with van der Waals surface area (Å²) in [6.07, 6.45) is 6.26. The lowest BCUT2D eigenvalue weighted by Gasteiger charge is -2.39. The average molecular weight is 633 g/mol. The van der Waals surface area contributed by atoms with Gasteiger partial charge in [-0.25, -0.2) is 9.78 Å². The van der Waals surface area contributed by atoms with Crippen LogP contribution in [0.2, 0.25) is 5.02 Å². The Labute approximate surface area is 271 Å². The molecule has 3 aliphatic rings. The van der Waals surface area contributed by atoms with E-state index in [9.17, 15) is 4.79 Å². The summed E-state index contributed by atoms with van der Waals surface area (Å²) in [5, 5.41) is 9.53. The second kappa shape index (κ2) is 13.5. The van der Waals surface area contributed by atoms with E-state index >= 15 is 0 Å². The highest BCUT2D eigenvalue weighted by Gasteiger charge is 2.29. The van der Waals surface area contributed by atoms with Crippen LogP contribution in [-0.4, -0.2) is 83.4 Å². The van der Waals surface area contributed by atoms with Crippen LogP contribution in [0.15, 0.2) is 36.4 Å². The number of imidazole rings is 1. The first kappa shape index (κ1) is 31.5. The van der Waals surface area contributed by atoms with Crippen molar-refractivity contribution in [3.05, 3.63) is 52.8 Å². The predicted molar refractivity (Wildman–Crippen MR) is 177 cm³/mol. The molecule has 2 saturated heterocycles. The minimum absolute atomic E-state index is 0.144. The SMILES string of the molecule is CC(C)(C)OC(=O)N1CCN(CC2CCN(c3ccc4[nH]c([C@H]5CC[C@H](Oc6ccc(C#N)c(Cl)c6)CC5)nc4c3)CC2)CC1. The molecule has 6 rings (SSSR count). The number of aromatic nitrogens is 2. The van der Waals surface area contributed by atoms with Crippen molar-refractivity contribution in [2.45, 2.75) is 76.9 Å². The first-order valence-corrected chi connectivity index (χ1v) is 16.8. The third-order valence-corrected chi connectivity index (χ3v) is 9.74. The van der Waals surface area contributed by atoms with Gasteiger partial charge in [-0.1, -0.05) is 11.6 Å². The second-order valence-electron chi connectivity index (χ2n) is 13.9. The van der Waals surface area contributed by atoms with Gasteiger partial charge in [0.25, 0.3) is 0 Å². The standard InChI is InChI=1S/C35H45ClN6O3/c1-35(2,3)45-34(43)42-18-16-40(17-19-42)23-24-12-14-41(15-13-24)27-7-11-31-32(20-27)39-33(38-31)25-4-8-28(9-5-25)44-29-10-6-26(22-37)30(36)21-29/h6-7,10-11,20-21,24-25,28H,4-5,8-9,12-19,23H2,1-3H3,(H,38,39)/t25-,28-. The van der Waals surface area contributed by atoms with Gasteiger partial charge in [-0.05, 0) is 95.5 Å². The quantitative estimate of drug-likeness (QED) is 0.314. The van der Waals surface area contributed by atoms with E-state index < -0.39 is 5.60 Å². The monoisotopic (exact) mass is 632 g/mol. The molecule has 1 amide bonds. The molecule has 45 heavy (non-hydrogen) atoms. The van der Waals surface area contributed by atoms with Crippen LogP contribution in [0, 0.1) is 17.2 Å². The van der Waals surface area contributed by atoms with Gasteiger partial charge in [0.1, 0.15) is 23.2 Å². The van der Waals surface area contributed by atoms with Crippen LogP contribution < -0.4 is 9.64 Å². The highest BCUT2D eigenvalue weighted by molar-refractivity contribution is 6.31. The third-order valence-electron chi connectivity index (χ3n) is 9.43. The topological polar surface area (TPSA) is 97.7 Å². The molecule has 3 fully saturated rings. The van der Waals surface area contributed by atoms with Crippen molar-refractivity contribution >= 4 is 34.4 Å². The molecule has 9 nitrogen and oxygen atoms in total. The van der Waals surface area contributed by atoms with E-state index in [2.05, 4.69) is 39.1 Å². The largest absolute Gasteiger partial charge is 0.490 e. The number of H-pyrrole nitrogens is 1. The molecular weight excluding hydrogens is 588 g/mol. The van der Waals surface area contributed by atoms with E-state index in [1.165, 1.54) is 18.5 Å². The zero-order valence-electron chi connectivity index (χ0n) is 26.7. The molecular formula is C35H45ClN6O3. The summed E-state index contributed by atoms with van der Waals surface area (Å²) in [4.78, 5) is 27.9. The van der Waals surface area contributed by atoms with Crippen LogP contribution in [0.5, 0.6) is 5.75 Å². The van der Waals surface area contributed by atoms with Crippen molar-refractivity contribution < 1.29 is 14.3 Å². The van der Waals surface area contributed by atoms with Crippen LogP contribution in [-0.2, 0) is 4.74 Å². The highest BCUT2D eigenvalue weighted by Crippen LogP contribution is 2.35. The Balaban J connectivity index is 0.962. The molecule has 0 unspecified atom stereocenters. The molecule has 3 heterocycles. The lowest BCUT2D eigenvalue weighted by Crippen LogP contribution is -2.51. The fraction of sp³-hybridized carbons (Fsp3) is 0.571. The summed E-state index contributed by atoms with van der Waals surface area (Å²) in [5.74, 6) is 2.88. The fourth-order valence-corrected chi connectivity index (χ4v) is 7.10. The summed E-state index contributed by atoms with van der Waals surface area (Å²) < 4.78 is 11.7. The number of piperidine rings is 1. The molecule has 240 valence electrons. The Bertz CT molecular complexity index is 1520. The zero-order chi connectivity index (χ0) is 31.6. The Hall–Kier alpha value is -3.48. The van der Waals surface area contributed by atoms with Gasteiger partial charge in [0, 0.05) is 63.5 Å². The van der Waals surface area contributed by atoms with Crippen LogP contribution in [0.4, 0.5) is 10.5 Å². The number of carbonyl (C=O) groups excluding carboxylic acids is 1. The molecule has 1 N–H and O–H groups in total. The zero-order valence-corrected chi connectivity index (χ0v) is 27.5. The van der Waals surface area contributed by atoms with Crippen molar-refractivity contribution in [3.8, 4) is 11.8 Å². The number of halogens is 1. The molecule has 3 aromatic rings. The number of carbonyl (C=O) groups is 1. The predicted octanol–water partition coefficient (Wildman–Crippen LogP) is 6.96. The molecule has 2 aliphatic heterocycles. The van der Waals surface area contributed by atoms with Crippen LogP contribution in [0.3, 0.4) is 0 Å². The molecule has 1 aliphatic carbocycles. The van der Waals surface area contributed by atoms with Crippen LogP contribution in [0.25, 0.3) is 11.0 Å². The Morgan fingerprint density at radius 2 is 1.73 bits per heavy atom. The number of hydrogen-bond acceptors (Lipinski definition) is 7. The molecule has 0 atom stereocenters. The second-order valence-corrected chi connectivity index (χ2v) is 14.3. The number of rotatable bonds is 6. The number of fused-ring (bicyclic) bond motifs is 1. The summed E-state index contributed by atoms with van der Waals surface area (Å²) in [6, 6.07) is 14.0. The molecule has 0 bridgehead atoms. The Kier molecular flexibility index (Phi) is 9.44. The smallest absolute Gasteiger partial charge is 0.410 e. The first-order chi connectivity index (χ1) is 21.6. The van der Waals surface area contributed by atoms with Gasteiger partial charge in [0.15, 0.2) is 0 Å². The molecule has 1 aromatic heterocycles. The van der Waals surface area contributed by atoms with Crippen molar-refractivity contribution in [2.75, 3.05) is 50.7 Å². The minimum atomic E-state index is -0.451. The van der Waals surface area contributed by atoms with Gasteiger partial charge in [0.05, 0.1) is 27.7 Å². The number of nitrogens with zero attached hydrogens (tertiary/aromatic N) is 5. The number of amides is 1. The number of aromatic amines is 1. The summed E-state index contributed by atoms with van der Waals surface area (Å²) in [6.45, 7) is 12.3. The normalized spacial score (nSPS) is 21.9. The maximum Gasteiger partial charge on any atom is 0.410 e. The Morgan fingerprint density at radius 3 is 2.40 bits per heavy atom. The van der Waals surface area contributed by atoms with Crippen molar-refractivity contribution in [3.63, 3.8) is 0 Å². The van der Waals surface area contributed by atoms with Gasteiger partial charge in [0.2, 0.25) is 0 Å². The maximum absolute atomic E-state index is 12.4. The molecule has 0 spiro atoms. The van der Waals surface area contributed by atoms with E-state index in [1.807, 2.05) is 31.7 Å². The fourth-order valence-electron chi connectivity index (χ4n) is 6.89. The number of nitrogens with one attached hydrogen (secondary N) is 1. The third kappa shape index (κ3) is 7.85. The summed E-state index contributed by atoms with van der Waals surface area (Å²) in [5.41, 5.74) is 3.41. The van der Waals surface area contributed by atoms with E-state index in [1.54, 1.807) is 12.1 Å². The minimum Gasteiger partial charge on any atom is -0.490 e. The van der Waals surface area contributed by atoms with Gasteiger partial charge in [-0.3, -0.25) is 4.90 Å². The van der Waals surface area contributed by atoms with Gasteiger partial charge < -0.3 is 24.3 Å². The molecule has 1 saturated carbocycles. The van der Waals surface area contributed by atoms with Crippen LogP contribution >= 0.6 is 11.6 Å². The van der Waals surface area contributed by atoms with E-state index in [4.69, 9.17) is 31.3 Å². The number of nitriles is 1. The molecule has 10 heteroatoms. The van der Waals surface area contributed by atoms with Gasteiger partial charge >= 0.3 is 6.09 Å². The number of benzene rings is 2. The maximum atomic E-state index is 12.4. The van der Waals surface area contributed by atoms with Crippen molar-refractivity contribution in [1.82, 2.24) is 19.8 Å². The summed E-state index contributed by atoms with van der Waals surface area (Å²) >= 11 is 6.18. The lowest BCUT2D eigenvalue weighted by molar-refractivity contribution is 0.0130. The Morgan fingerprint density at radius 1 is 1.00 bits per heavy atom. The first-order valence-electron chi connectivity index (χ1n) is 16.4. The van der Waals surface area contributed by atoms with Gasteiger partial charge in [-0.2, -0.15) is 5.26 Å². The lowest BCUT2D eigenvalue weighted by atomic mass is 9.87. The van der Waals surface area contributed by atoms with Crippen molar-refractivity contribution in [2.24, 2.45) is 5.92 Å². The number of piperazine rings is 1. The van der Waals surface area contributed by atoms with E-state index in [0.29, 0.717) is 22.4 Å². The number of ether oxygens (including phenoxy) is 2. The van der Waals surface area contributed by atoms with Gasteiger partial charge in [-0.15, -0.1) is 0 Å². The number of hydrogen-bond donors (Lipinski definition) is 1.